The van der Waals surface area contributed by atoms with Gasteiger partial charge >= 0.3 is 0 Å². The molecule has 1 fully saturated rings. The first-order chi connectivity index (χ1) is 7.50. The van der Waals surface area contributed by atoms with Gasteiger partial charge in [0, 0.05) is 19.1 Å². The molecule has 1 N–H and O–H groups in total. The van der Waals surface area contributed by atoms with Crippen molar-refractivity contribution in [2.24, 2.45) is 0 Å². The lowest BCUT2D eigenvalue weighted by Gasteiger charge is -2.32. The first kappa shape index (κ1) is 13.4. The Morgan fingerprint density at radius 1 is 1.56 bits per heavy atom. The third-order valence-corrected chi connectivity index (χ3v) is 3.39. The van der Waals surface area contributed by atoms with E-state index >= 15 is 0 Å². The molecule has 0 aromatic heterocycles. The third kappa shape index (κ3) is 3.44. The van der Waals surface area contributed by atoms with Gasteiger partial charge in [-0.1, -0.05) is 0 Å². The molecule has 1 aliphatic heterocycles. The lowest BCUT2D eigenvalue weighted by molar-refractivity contribution is 0.178. The van der Waals surface area contributed by atoms with Crippen LogP contribution in [0, 0.1) is 11.3 Å². The molecule has 4 nitrogen and oxygen atoms in total. The summed E-state index contributed by atoms with van der Waals surface area (Å²) in [6.07, 6.45) is 2.51. The number of likely N-dealkylation sites (N-methyl/N-ethyl adjacent to an activating group) is 2. The average Bonchev–Trinajstić information content (AvgIpc) is 2.64. The lowest BCUT2D eigenvalue weighted by atomic mass is 10.0. The fraction of sp³-hybridized carbons (Fsp3) is 0.917. The summed E-state index contributed by atoms with van der Waals surface area (Å²) in [6.45, 7) is 5.00. The van der Waals surface area contributed by atoms with Gasteiger partial charge in [-0.3, -0.25) is 4.90 Å². The zero-order chi connectivity index (χ0) is 12.2. The molecule has 0 aromatic rings. The highest BCUT2D eigenvalue weighted by Gasteiger charge is 2.31. The molecule has 1 heterocycles. The minimum atomic E-state index is -0.422. The van der Waals surface area contributed by atoms with Crippen LogP contribution in [-0.2, 0) is 0 Å². The average molecular weight is 224 g/mol. The highest BCUT2D eigenvalue weighted by atomic mass is 15.2. The van der Waals surface area contributed by atoms with Crippen LogP contribution in [0.2, 0.25) is 0 Å². The van der Waals surface area contributed by atoms with E-state index in [4.69, 9.17) is 5.26 Å². The summed E-state index contributed by atoms with van der Waals surface area (Å²) in [5.74, 6) is 0. The molecule has 92 valence electrons. The van der Waals surface area contributed by atoms with E-state index in [2.05, 4.69) is 35.3 Å². The molecule has 0 aromatic carbocycles. The van der Waals surface area contributed by atoms with Crippen LogP contribution in [0.5, 0.6) is 0 Å². The number of nitriles is 1. The van der Waals surface area contributed by atoms with Gasteiger partial charge in [0.2, 0.25) is 0 Å². The molecule has 0 spiro atoms. The van der Waals surface area contributed by atoms with E-state index in [0.717, 1.165) is 19.6 Å². The molecule has 0 saturated carbocycles. The second-order valence-corrected chi connectivity index (χ2v) is 5.22. The van der Waals surface area contributed by atoms with Crippen molar-refractivity contribution in [3.63, 3.8) is 0 Å². The van der Waals surface area contributed by atoms with Crippen LogP contribution in [0.25, 0.3) is 0 Å². The lowest BCUT2D eigenvalue weighted by Crippen LogP contribution is -2.51. The number of rotatable bonds is 5. The molecule has 2 atom stereocenters. The zero-order valence-electron chi connectivity index (χ0n) is 11.0. The minimum Gasteiger partial charge on any atom is -0.308 e. The van der Waals surface area contributed by atoms with Crippen LogP contribution in [0.15, 0.2) is 0 Å². The normalized spacial score (nSPS) is 25.6. The molecule has 0 aliphatic carbocycles. The summed E-state index contributed by atoms with van der Waals surface area (Å²) in [7, 11) is 6.08. The molecular formula is C12H24N4. The van der Waals surface area contributed by atoms with E-state index in [-0.39, 0.29) is 0 Å². The van der Waals surface area contributed by atoms with Gasteiger partial charge in [0.05, 0.1) is 6.07 Å². The van der Waals surface area contributed by atoms with Crippen molar-refractivity contribution >= 4 is 0 Å². The molecule has 0 bridgehead atoms. The Morgan fingerprint density at radius 2 is 2.25 bits per heavy atom. The SMILES string of the molecule is CNC(C)(C#N)CN1CCCC1CN(C)C. The van der Waals surface area contributed by atoms with E-state index in [1.807, 2.05) is 14.0 Å². The van der Waals surface area contributed by atoms with E-state index in [9.17, 15) is 0 Å². The Balaban J connectivity index is 2.56. The monoisotopic (exact) mass is 224 g/mol. The standard InChI is InChI=1S/C12H24N4/c1-12(9-13,14-2)10-16-7-5-6-11(16)8-15(3)4/h11,14H,5-8,10H2,1-4H3. The van der Waals surface area contributed by atoms with E-state index in [1.165, 1.54) is 12.8 Å². The van der Waals surface area contributed by atoms with Crippen LogP contribution >= 0.6 is 0 Å². The summed E-state index contributed by atoms with van der Waals surface area (Å²) in [5.41, 5.74) is -0.422. The molecule has 4 heteroatoms. The summed E-state index contributed by atoms with van der Waals surface area (Å²) >= 11 is 0. The third-order valence-electron chi connectivity index (χ3n) is 3.39. The zero-order valence-corrected chi connectivity index (χ0v) is 11.0. The van der Waals surface area contributed by atoms with Crippen LogP contribution in [0.1, 0.15) is 19.8 Å². The van der Waals surface area contributed by atoms with Gasteiger partial charge < -0.3 is 10.2 Å². The van der Waals surface area contributed by atoms with Crippen molar-refractivity contribution in [1.82, 2.24) is 15.1 Å². The Bertz CT molecular complexity index is 258. The van der Waals surface area contributed by atoms with Gasteiger partial charge in [0.1, 0.15) is 5.54 Å². The number of nitrogens with one attached hydrogen (secondary N) is 1. The van der Waals surface area contributed by atoms with E-state index < -0.39 is 5.54 Å². The maximum absolute atomic E-state index is 9.16. The van der Waals surface area contributed by atoms with Gasteiger partial charge in [-0.05, 0) is 47.5 Å². The second kappa shape index (κ2) is 5.62. The van der Waals surface area contributed by atoms with Crippen LogP contribution < -0.4 is 5.32 Å². The Morgan fingerprint density at radius 3 is 2.75 bits per heavy atom. The highest BCUT2D eigenvalue weighted by molar-refractivity contribution is 5.06. The highest BCUT2D eigenvalue weighted by Crippen LogP contribution is 2.20. The molecule has 2 unspecified atom stereocenters. The fourth-order valence-corrected chi connectivity index (χ4v) is 2.31. The van der Waals surface area contributed by atoms with E-state index in [1.54, 1.807) is 0 Å². The van der Waals surface area contributed by atoms with Gasteiger partial charge in [-0.2, -0.15) is 5.26 Å². The van der Waals surface area contributed by atoms with Crippen molar-refractivity contribution in [3.05, 3.63) is 0 Å². The second-order valence-electron chi connectivity index (χ2n) is 5.22. The first-order valence-corrected chi connectivity index (χ1v) is 5.99. The van der Waals surface area contributed by atoms with Crippen molar-refractivity contribution in [3.8, 4) is 6.07 Å². The molecule has 0 amide bonds. The number of hydrogen-bond acceptors (Lipinski definition) is 4. The van der Waals surface area contributed by atoms with Crippen molar-refractivity contribution in [1.29, 1.82) is 5.26 Å². The van der Waals surface area contributed by atoms with Gasteiger partial charge in [0.25, 0.3) is 0 Å². The quantitative estimate of drug-likeness (QED) is 0.739. The predicted octanol–water partition coefficient (Wildman–Crippen LogP) is 0.514. The van der Waals surface area contributed by atoms with Gasteiger partial charge in [-0.15, -0.1) is 0 Å². The van der Waals surface area contributed by atoms with E-state index in [0.29, 0.717) is 6.04 Å². The number of nitrogens with zero attached hydrogens (tertiary/aromatic N) is 3. The van der Waals surface area contributed by atoms with Crippen LogP contribution in [-0.4, -0.2) is 62.2 Å². The predicted molar refractivity (Wildman–Crippen MR) is 66.2 cm³/mol. The van der Waals surface area contributed by atoms with Crippen molar-refractivity contribution in [2.75, 3.05) is 40.8 Å². The summed E-state index contributed by atoms with van der Waals surface area (Å²) in [5, 5.41) is 12.3. The number of hydrogen-bond donors (Lipinski definition) is 1. The van der Waals surface area contributed by atoms with Crippen molar-refractivity contribution in [2.45, 2.75) is 31.3 Å². The Kier molecular flexibility index (Phi) is 4.72. The number of likely N-dealkylation sites (tertiary alicyclic amines) is 1. The Labute approximate surface area is 99.2 Å². The molecule has 1 saturated heterocycles. The minimum absolute atomic E-state index is 0.422. The van der Waals surface area contributed by atoms with Crippen LogP contribution in [0.4, 0.5) is 0 Å². The summed E-state index contributed by atoms with van der Waals surface area (Å²) in [6, 6.07) is 2.97. The van der Waals surface area contributed by atoms with Gasteiger partial charge in [0.15, 0.2) is 0 Å². The largest absolute Gasteiger partial charge is 0.308 e. The molecule has 16 heavy (non-hydrogen) atoms. The smallest absolute Gasteiger partial charge is 0.116 e. The van der Waals surface area contributed by atoms with Crippen LogP contribution in [0.3, 0.4) is 0 Å². The maximum Gasteiger partial charge on any atom is 0.116 e. The van der Waals surface area contributed by atoms with Crippen molar-refractivity contribution < 1.29 is 0 Å². The summed E-state index contributed by atoms with van der Waals surface area (Å²) < 4.78 is 0. The molecule has 1 rings (SSSR count). The van der Waals surface area contributed by atoms with Gasteiger partial charge in [-0.25, -0.2) is 0 Å². The molecule has 0 radical (unpaired) electrons. The molecule has 1 aliphatic rings. The fourth-order valence-electron chi connectivity index (χ4n) is 2.31. The topological polar surface area (TPSA) is 42.3 Å². The summed E-state index contributed by atoms with van der Waals surface area (Å²) in [4.78, 5) is 4.67. The first-order valence-electron chi connectivity index (χ1n) is 5.99. The Hall–Kier alpha value is -0.630. The molecular weight excluding hydrogens is 200 g/mol. The maximum atomic E-state index is 9.16.